The molecule has 1 aromatic carbocycles. The van der Waals surface area contributed by atoms with Gasteiger partial charge in [0.05, 0.1) is 14.2 Å². The van der Waals surface area contributed by atoms with Crippen LogP contribution in [0.3, 0.4) is 0 Å². The average molecular weight is 371 g/mol. The van der Waals surface area contributed by atoms with E-state index in [1.165, 1.54) is 39.9 Å². The molecule has 6 nitrogen and oxygen atoms in total. The molecular weight excluding hydrogens is 346 g/mol. The summed E-state index contributed by atoms with van der Waals surface area (Å²) in [6.07, 6.45) is 9.74. The van der Waals surface area contributed by atoms with Crippen LogP contribution in [-0.4, -0.2) is 39.9 Å². The molecule has 1 aliphatic carbocycles. The fraction of sp³-hybridized carbons (Fsp3) is 0.476. The molecule has 0 heterocycles. The van der Waals surface area contributed by atoms with Crippen LogP contribution >= 0.6 is 0 Å². The second-order valence-corrected chi connectivity index (χ2v) is 6.10. The van der Waals surface area contributed by atoms with E-state index in [0.29, 0.717) is 29.5 Å². The molecule has 0 aromatic heterocycles. The average Bonchev–Trinajstić information content (AvgIpc) is 3.20. The van der Waals surface area contributed by atoms with Gasteiger partial charge < -0.3 is 24.3 Å². The maximum Gasteiger partial charge on any atom is 0.251 e. The van der Waals surface area contributed by atoms with Gasteiger partial charge in [-0.2, -0.15) is 0 Å². The van der Waals surface area contributed by atoms with Crippen LogP contribution in [0.2, 0.25) is 0 Å². The Balaban J connectivity index is 2.05. The number of carbonyl (C=O) groups is 1. The van der Waals surface area contributed by atoms with E-state index in [0.717, 1.165) is 0 Å². The molecule has 2 rings (SSSR count). The maximum atomic E-state index is 12.5. The zero-order valence-corrected chi connectivity index (χ0v) is 15.8. The van der Waals surface area contributed by atoms with Crippen molar-refractivity contribution in [2.75, 3.05) is 34.0 Å². The van der Waals surface area contributed by atoms with Crippen molar-refractivity contribution in [3.8, 4) is 35.6 Å². The van der Waals surface area contributed by atoms with E-state index in [4.69, 9.17) is 9.47 Å². The van der Waals surface area contributed by atoms with Crippen molar-refractivity contribution in [2.45, 2.75) is 25.7 Å². The highest BCUT2D eigenvalue weighted by Crippen LogP contribution is 2.25. The largest absolute Gasteiger partial charge is 0.481 e. The van der Waals surface area contributed by atoms with Crippen molar-refractivity contribution >= 4 is 5.91 Å². The predicted octanol–water partition coefficient (Wildman–Crippen LogP) is 2.58. The van der Waals surface area contributed by atoms with E-state index < -0.39 is 0 Å². The Kier molecular flexibility index (Phi) is 8.73. The summed E-state index contributed by atoms with van der Waals surface area (Å²) in [6.45, 7) is 0.979. The maximum absolute atomic E-state index is 12.5. The summed E-state index contributed by atoms with van der Waals surface area (Å²) in [5, 5.41) is 3.00. The molecule has 0 saturated heterocycles. The van der Waals surface area contributed by atoms with Gasteiger partial charge in [0.25, 0.3) is 5.91 Å². The minimum atomic E-state index is -0.150. The van der Waals surface area contributed by atoms with Gasteiger partial charge in [-0.3, -0.25) is 4.79 Å². The minimum absolute atomic E-state index is 0.143. The van der Waals surface area contributed by atoms with Gasteiger partial charge in [0, 0.05) is 18.2 Å². The molecule has 1 aliphatic rings. The molecule has 0 bridgehead atoms. The second-order valence-electron chi connectivity index (χ2n) is 6.10. The third-order valence-corrected chi connectivity index (χ3v) is 4.14. The SMILES string of the molecule is COC#CCOc1cc(OCC#COC)cc(C(=O)NCC2CCCC2)c1. The Morgan fingerprint density at radius 2 is 1.56 bits per heavy atom. The monoisotopic (exact) mass is 371 g/mol. The number of hydrogen-bond donors (Lipinski definition) is 1. The lowest BCUT2D eigenvalue weighted by Gasteiger charge is -2.13. The van der Waals surface area contributed by atoms with Gasteiger partial charge in [0.2, 0.25) is 0 Å². The van der Waals surface area contributed by atoms with E-state index in [2.05, 4.69) is 38.8 Å². The summed E-state index contributed by atoms with van der Waals surface area (Å²) >= 11 is 0. The van der Waals surface area contributed by atoms with Gasteiger partial charge >= 0.3 is 0 Å². The van der Waals surface area contributed by atoms with Gasteiger partial charge in [-0.25, -0.2) is 0 Å². The Morgan fingerprint density at radius 3 is 2.07 bits per heavy atom. The highest BCUT2D eigenvalue weighted by molar-refractivity contribution is 5.95. The zero-order valence-electron chi connectivity index (χ0n) is 15.8. The third-order valence-electron chi connectivity index (χ3n) is 4.14. The number of ether oxygens (including phenoxy) is 4. The smallest absolute Gasteiger partial charge is 0.251 e. The van der Waals surface area contributed by atoms with Gasteiger partial charge in [0.15, 0.2) is 13.2 Å². The van der Waals surface area contributed by atoms with Crippen LogP contribution in [0.4, 0.5) is 0 Å². The summed E-state index contributed by atoms with van der Waals surface area (Å²) < 4.78 is 20.5. The lowest BCUT2D eigenvalue weighted by Crippen LogP contribution is -2.28. The molecule has 144 valence electrons. The zero-order chi connectivity index (χ0) is 19.3. The minimum Gasteiger partial charge on any atom is -0.481 e. The number of carbonyl (C=O) groups excluding carboxylic acids is 1. The molecular formula is C21H25NO5. The van der Waals surface area contributed by atoms with Crippen LogP contribution in [-0.2, 0) is 9.47 Å². The number of amides is 1. The first kappa shape index (κ1) is 20.3. The molecule has 0 aliphatic heterocycles. The summed E-state index contributed by atoms with van der Waals surface area (Å²) in [4.78, 5) is 12.5. The van der Waals surface area contributed by atoms with E-state index in [-0.39, 0.29) is 19.1 Å². The van der Waals surface area contributed by atoms with Crippen LogP contribution < -0.4 is 14.8 Å². The Labute approximate surface area is 160 Å². The molecule has 0 unspecified atom stereocenters. The highest BCUT2D eigenvalue weighted by Gasteiger charge is 2.17. The number of hydrogen-bond acceptors (Lipinski definition) is 5. The van der Waals surface area contributed by atoms with Gasteiger partial charge in [-0.15, -0.1) is 0 Å². The molecule has 0 atom stereocenters. The highest BCUT2D eigenvalue weighted by atomic mass is 16.5. The van der Waals surface area contributed by atoms with E-state index in [1.54, 1.807) is 18.2 Å². The number of benzene rings is 1. The van der Waals surface area contributed by atoms with E-state index in [9.17, 15) is 4.79 Å². The van der Waals surface area contributed by atoms with E-state index >= 15 is 0 Å². The van der Waals surface area contributed by atoms with Crippen molar-refractivity contribution in [1.82, 2.24) is 5.32 Å². The molecule has 0 spiro atoms. The molecule has 1 aromatic rings. The first-order chi connectivity index (χ1) is 13.2. The second kappa shape index (κ2) is 11.6. The Hall–Kier alpha value is -2.99. The fourth-order valence-corrected chi connectivity index (χ4v) is 2.87. The van der Waals surface area contributed by atoms with Crippen molar-refractivity contribution in [3.05, 3.63) is 23.8 Å². The Morgan fingerprint density at radius 1 is 1.00 bits per heavy atom. The first-order valence-corrected chi connectivity index (χ1v) is 8.93. The molecule has 1 amide bonds. The van der Waals surface area contributed by atoms with Crippen LogP contribution in [0.1, 0.15) is 36.0 Å². The van der Waals surface area contributed by atoms with Gasteiger partial charge in [0.1, 0.15) is 23.7 Å². The summed E-state index contributed by atoms with van der Waals surface area (Å²) in [7, 11) is 2.96. The van der Waals surface area contributed by atoms with Gasteiger partial charge in [-0.1, -0.05) is 12.8 Å². The number of rotatable bonds is 7. The quantitative estimate of drug-likeness (QED) is 0.747. The van der Waals surface area contributed by atoms with Crippen molar-refractivity contribution in [3.63, 3.8) is 0 Å². The molecule has 6 heteroatoms. The molecule has 0 radical (unpaired) electrons. The Bertz CT molecular complexity index is 688. The number of methoxy groups -OCH3 is 2. The lowest BCUT2D eigenvalue weighted by atomic mass is 10.1. The summed E-state index contributed by atoms with van der Waals surface area (Å²) in [5.74, 6) is 6.79. The predicted molar refractivity (Wildman–Crippen MR) is 101 cm³/mol. The fourth-order valence-electron chi connectivity index (χ4n) is 2.87. The third kappa shape index (κ3) is 7.42. The summed E-state index contributed by atoms with van der Waals surface area (Å²) in [5.41, 5.74) is 0.472. The van der Waals surface area contributed by atoms with Gasteiger partial charge in [-0.05, 0) is 42.7 Å². The standard InChI is InChI=1S/C21H25NO5/c1-24-9-5-11-26-19-13-18(14-20(15-19)27-12-6-10-25-2)21(23)22-16-17-7-3-4-8-17/h13-15,17H,3-4,7-8,11-12,16H2,1-2H3,(H,22,23). The van der Waals surface area contributed by atoms with Crippen LogP contribution in [0, 0.1) is 30.0 Å². The van der Waals surface area contributed by atoms with Crippen molar-refractivity contribution in [2.24, 2.45) is 5.92 Å². The normalized spacial score (nSPS) is 12.8. The molecule has 1 fully saturated rings. The topological polar surface area (TPSA) is 66.0 Å². The number of nitrogens with one attached hydrogen (secondary N) is 1. The molecule has 27 heavy (non-hydrogen) atoms. The summed E-state index contributed by atoms with van der Waals surface area (Å²) in [6, 6.07) is 5.04. The van der Waals surface area contributed by atoms with E-state index in [1.807, 2.05) is 0 Å². The lowest BCUT2D eigenvalue weighted by molar-refractivity contribution is 0.0946. The van der Waals surface area contributed by atoms with Crippen LogP contribution in [0.5, 0.6) is 11.5 Å². The van der Waals surface area contributed by atoms with Crippen molar-refractivity contribution in [1.29, 1.82) is 0 Å². The molecule has 1 N–H and O–H groups in total. The van der Waals surface area contributed by atoms with Crippen molar-refractivity contribution < 1.29 is 23.7 Å². The van der Waals surface area contributed by atoms with Crippen LogP contribution in [0.25, 0.3) is 0 Å². The first-order valence-electron chi connectivity index (χ1n) is 8.93. The van der Waals surface area contributed by atoms with Crippen LogP contribution in [0.15, 0.2) is 18.2 Å². The molecule has 1 saturated carbocycles.